The fourth-order valence-corrected chi connectivity index (χ4v) is 12.6. The second kappa shape index (κ2) is 65.7. The zero-order chi connectivity index (χ0) is 51.2. The monoisotopic (exact) mass is 1110 g/mol. The third-order valence-corrected chi connectivity index (χ3v) is 18.0. The Kier molecular flexibility index (Phi) is 68.3. The van der Waals surface area contributed by atoms with Gasteiger partial charge in [0.1, 0.15) is 4.75 Å². The quantitative estimate of drug-likeness (QED) is 0.0345. The van der Waals surface area contributed by atoms with Gasteiger partial charge in [0.15, 0.2) is 0 Å². The second-order valence-electron chi connectivity index (χ2n) is 22.6. The predicted molar refractivity (Wildman–Crippen MR) is 324 cm³/mol. The third-order valence-electron chi connectivity index (χ3n) is 15.4. The van der Waals surface area contributed by atoms with Crippen LogP contribution < -0.4 is 0 Å². The molecule has 2 nitrogen and oxygen atoms in total. The maximum absolute atomic E-state index is 14.3. The van der Waals surface area contributed by atoms with Gasteiger partial charge >= 0.3 is 78.4 Å². The SMILES string of the molecule is CCCCCCCCCCCCCCOC(=O)C(CCCCCCCCCCCCCC)(CCCCCCCCCCCCCC)SCCCCCCCCCCCCCC.CCCCCCC[CH2][Sn]. The van der Waals surface area contributed by atoms with Crippen molar-refractivity contribution in [1.82, 2.24) is 0 Å². The molecule has 0 aliphatic heterocycles. The van der Waals surface area contributed by atoms with E-state index in [1.165, 1.54) is 345 Å². The summed E-state index contributed by atoms with van der Waals surface area (Å²) < 4.78 is 7.45. The van der Waals surface area contributed by atoms with Crippen LogP contribution in [0, 0.1) is 0 Å². The van der Waals surface area contributed by atoms with E-state index in [1.54, 1.807) is 22.5 Å². The Morgan fingerprint density at radius 1 is 0.300 bits per heavy atom. The minimum absolute atomic E-state index is 0.158. The summed E-state index contributed by atoms with van der Waals surface area (Å²) in [6, 6.07) is 0. The Labute approximate surface area is 462 Å². The molecule has 0 spiro atoms. The van der Waals surface area contributed by atoms with Gasteiger partial charge in [-0.15, -0.1) is 11.8 Å². The fraction of sp³-hybridized carbons (Fsp3) is 0.985. The summed E-state index contributed by atoms with van der Waals surface area (Å²) in [4.78, 5) is 14.3. The molecule has 3 radical (unpaired) electrons. The molecule has 0 saturated carbocycles. The number of carbonyl (C=O) groups is 1. The number of carbonyl (C=O) groups excluding carboxylic acids is 1. The molecule has 70 heavy (non-hydrogen) atoms. The summed E-state index contributed by atoms with van der Waals surface area (Å²) in [5.74, 6) is 1.28. The Morgan fingerprint density at radius 2 is 0.514 bits per heavy atom. The summed E-state index contributed by atoms with van der Waals surface area (Å²) in [5.41, 5.74) is 0. The van der Waals surface area contributed by atoms with Crippen LogP contribution in [0.2, 0.25) is 4.44 Å². The molecule has 0 fully saturated rings. The van der Waals surface area contributed by atoms with Crippen molar-refractivity contribution in [3.8, 4) is 0 Å². The molecular weight excluding hydrogens is 976 g/mol. The molecule has 0 atom stereocenters. The molecule has 0 aromatic carbocycles. The van der Waals surface area contributed by atoms with Gasteiger partial charge in [-0.1, -0.05) is 323 Å². The van der Waals surface area contributed by atoms with Crippen molar-refractivity contribution in [2.75, 3.05) is 12.4 Å². The molecule has 4 heteroatoms. The third kappa shape index (κ3) is 57.9. The van der Waals surface area contributed by atoms with E-state index in [-0.39, 0.29) is 10.7 Å². The second-order valence-corrected chi connectivity index (χ2v) is 25.5. The van der Waals surface area contributed by atoms with E-state index in [9.17, 15) is 4.79 Å². The summed E-state index contributed by atoms with van der Waals surface area (Å²) in [7, 11) is 0. The summed E-state index contributed by atoms with van der Waals surface area (Å²) in [5, 5.41) is 0. The van der Waals surface area contributed by atoms with Crippen molar-refractivity contribution in [3.05, 3.63) is 0 Å². The summed E-state index contributed by atoms with van der Waals surface area (Å²) >= 11 is 3.74. The van der Waals surface area contributed by atoms with Crippen LogP contribution >= 0.6 is 11.8 Å². The van der Waals surface area contributed by atoms with Crippen LogP contribution in [-0.2, 0) is 9.53 Å². The predicted octanol–water partition coefficient (Wildman–Crippen LogP) is 24.5. The van der Waals surface area contributed by atoms with E-state index < -0.39 is 0 Å². The average molecular weight is 1110 g/mol. The first-order valence-electron chi connectivity index (χ1n) is 33.0. The Hall–Kier alpha value is 0.619. The van der Waals surface area contributed by atoms with Crippen molar-refractivity contribution in [3.63, 3.8) is 0 Å². The van der Waals surface area contributed by atoms with Crippen molar-refractivity contribution in [2.24, 2.45) is 0 Å². The zero-order valence-corrected chi connectivity index (χ0v) is 53.1. The van der Waals surface area contributed by atoms with Gasteiger partial charge in [-0.2, -0.15) is 0 Å². The Balaban J connectivity index is 0. The number of esters is 1. The Morgan fingerprint density at radius 3 is 0.771 bits per heavy atom. The number of rotatable bonds is 60. The van der Waals surface area contributed by atoms with E-state index in [4.69, 9.17) is 4.74 Å². The van der Waals surface area contributed by atoms with Gasteiger partial charge < -0.3 is 4.74 Å². The van der Waals surface area contributed by atoms with E-state index in [0.717, 1.165) is 25.0 Å². The molecule has 0 aliphatic rings. The molecule has 0 amide bonds. The van der Waals surface area contributed by atoms with Gasteiger partial charge in [0, 0.05) is 0 Å². The standard InChI is InChI=1S/C58H116O2S.C8H17.Sn/c1-5-9-13-17-21-25-29-33-37-41-45-49-53-58(54-50-46-42-38-34-30-26-22-18-14-10-6-2,61-56-52-48-44-40-36-32-28-24-20-16-12-8-4)57(59)60-55-51-47-43-39-35-31-27-23-19-15-11-7-3;1-3-5-7-8-6-4-2;/h5-56H2,1-4H3;1,3-8H2,2H3;. The number of ether oxygens (including phenoxy) is 1. The van der Waals surface area contributed by atoms with Crippen LogP contribution in [0.25, 0.3) is 0 Å². The first kappa shape index (κ1) is 72.7. The van der Waals surface area contributed by atoms with Gasteiger partial charge in [0.05, 0.1) is 6.61 Å². The summed E-state index contributed by atoms with van der Waals surface area (Å²) in [6.07, 6.45) is 76.4. The molecule has 0 N–H and O–H groups in total. The number of unbranched alkanes of at least 4 members (excludes halogenated alkanes) is 49. The van der Waals surface area contributed by atoms with Crippen LogP contribution in [0.3, 0.4) is 0 Å². The fourth-order valence-electron chi connectivity index (χ4n) is 10.4. The number of hydrogen-bond acceptors (Lipinski definition) is 3. The van der Waals surface area contributed by atoms with Crippen molar-refractivity contribution >= 4 is 40.3 Å². The summed E-state index contributed by atoms with van der Waals surface area (Å²) in [6.45, 7) is 12.1. The van der Waals surface area contributed by atoms with E-state index in [2.05, 4.69) is 34.6 Å². The van der Waals surface area contributed by atoms with Crippen LogP contribution in [0.1, 0.15) is 394 Å². The Bertz CT molecular complexity index is 892. The molecular formula is C66H133O2SSn. The molecule has 0 unspecified atom stereocenters. The van der Waals surface area contributed by atoms with Crippen LogP contribution in [0.4, 0.5) is 0 Å². The van der Waals surface area contributed by atoms with Gasteiger partial charge in [-0.3, -0.25) is 4.79 Å². The van der Waals surface area contributed by atoms with Crippen LogP contribution in [-0.4, -0.2) is 45.6 Å². The van der Waals surface area contributed by atoms with E-state index in [0.29, 0.717) is 6.61 Å². The van der Waals surface area contributed by atoms with Crippen LogP contribution in [0.5, 0.6) is 0 Å². The van der Waals surface area contributed by atoms with Gasteiger partial charge in [0.2, 0.25) is 0 Å². The first-order valence-corrected chi connectivity index (χ1v) is 36.0. The minimum atomic E-state index is -0.327. The van der Waals surface area contributed by atoms with E-state index >= 15 is 0 Å². The number of hydrogen-bond donors (Lipinski definition) is 0. The van der Waals surface area contributed by atoms with E-state index in [1.807, 2.05) is 11.8 Å². The molecule has 0 bridgehead atoms. The van der Waals surface area contributed by atoms with Crippen molar-refractivity contribution < 1.29 is 9.53 Å². The van der Waals surface area contributed by atoms with Gasteiger partial charge in [-0.25, -0.2) is 0 Å². The average Bonchev–Trinajstić information content (AvgIpc) is 3.37. The van der Waals surface area contributed by atoms with Gasteiger partial charge in [-0.05, 0) is 31.4 Å². The molecule has 0 rings (SSSR count). The maximum atomic E-state index is 14.3. The zero-order valence-electron chi connectivity index (χ0n) is 49.4. The van der Waals surface area contributed by atoms with Crippen molar-refractivity contribution in [1.29, 1.82) is 0 Å². The van der Waals surface area contributed by atoms with Crippen LogP contribution in [0.15, 0.2) is 0 Å². The van der Waals surface area contributed by atoms with Gasteiger partial charge in [0.25, 0.3) is 0 Å². The topological polar surface area (TPSA) is 26.3 Å². The number of thioether (sulfide) groups is 1. The molecule has 0 aromatic heterocycles. The molecule has 0 heterocycles. The molecule has 0 saturated heterocycles. The normalized spacial score (nSPS) is 11.6. The molecule has 419 valence electrons. The molecule has 0 aliphatic carbocycles. The molecule has 0 aromatic rings. The first-order chi connectivity index (χ1) is 34.6. The van der Waals surface area contributed by atoms with Crippen molar-refractivity contribution in [2.45, 2.75) is 403 Å².